The molecule has 1 unspecified atom stereocenters. The second-order valence-corrected chi connectivity index (χ2v) is 3.82. The lowest BCUT2D eigenvalue weighted by Gasteiger charge is -2.23. The summed E-state index contributed by atoms with van der Waals surface area (Å²) in [6.07, 6.45) is 5.85. The molecule has 1 saturated heterocycles. The molecule has 1 atom stereocenters. The third-order valence-electron chi connectivity index (χ3n) is 2.55. The van der Waals surface area contributed by atoms with E-state index in [1.807, 2.05) is 10.8 Å². The topological polar surface area (TPSA) is 53.1 Å². The van der Waals surface area contributed by atoms with Gasteiger partial charge in [-0.25, -0.2) is 4.98 Å². The zero-order valence-electron chi connectivity index (χ0n) is 7.86. The van der Waals surface area contributed by atoms with Crippen molar-refractivity contribution in [3.63, 3.8) is 0 Å². The molecule has 72 valence electrons. The molecule has 4 nitrogen and oxygen atoms in total. The highest BCUT2D eigenvalue weighted by atomic mass is 16.5. The number of aromatic nitrogens is 2. The van der Waals surface area contributed by atoms with Gasteiger partial charge in [0.05, 0.1) is 12.1 Å². The number of nitrogens with zero attached hydrogens (tertiary/aromatic N) is 2. The minimum absolute atomic E-state index is 0.0468. The largest absolute Gasteiger partial charge is 0.373 e. The molecule has 1 aromatic rings. The van der Waals surface area contributed by atoms with Crippen molar-refractivity contribution in [3.05, 3.63) is 12.4 Å². The van der Waals surface area contributed by atoms with E-state index in [9.17, 15) is 0 Å². The van der Waals surface area contributed by atoms with Gasteiger partial charge in [-0.3, -0.25) is 0 Å². The fourth-order valence-electron chi connectivity index (χ4n) is 1.80. The van der Waals surface area contributed by atoms with Gasteiger partial charge in [-0.05, 0) is 19.8 Å². The molecule has 1 aliphatic rings. The molecule has 0 saturated carbocycles. The number of rotatable bonds is 2. The predicted octanol–water partition coefficient (Wildman–Crippen LogP) is 1.03. The Morgan fingerprint density at radius 1 is 1.77 bits per heavy atom. The minimum Gasteiger partial charge on any atom is -0.373 e. The van der Waals surface area contributed by atoms with Crippen molar-refractivity contribution in [2.24, 2.45) is 0 Å². The molecule has 0 spiro atoms. The molecule has 2 heterocycles. The maximum atomic E-state index is 5.67. The predicted molar refractivity (Wildman–Crippen MR) is 50.2 cm³/mol. The quantitative estimate of drug-likeness (QED) is 0.741. The van der Waals surface area contributed by atoms with Gasteiger partial charge < -0.3 is 15.0 Å². The molecule has 1 aromatic heterocycles. The standard InChI is InChI=1S/C9H15N3O/c1-9(3-2-6-13-9)7-12-5-4-11-8(12)10/h4-5H,2-3,6-7H2,1H3,(H2,10,11). The van der Waals surface area contributed by atoms with Gasteiger partial charge in [-0.1, -0.05) is 0 Å². The van der Waals surface area contributed by atoms with Gasteiger partial charge in [0.15, 0.2) is 5.95 Å². The summed E-state index contributed by atoms with van der Waals surface area (Å²) in [6.45, 7) is 3.80. The van der Waals surface area contributed by atoms with Crippen LogP contribution in [0.15, 0.2) is 12.4 Å². The summed E-state index contributed by atoms with van der Waals surface area (Å²) in [5.74, 6) is 0.566. The molecular weight excluding hydrogens is 166 g/mol. The molecule has 0 aliphatic carbocycles. The van der Waals surface area contributed by atoms with Crippen LogP contribution in [-0.2, 0) is 11.3 Å². The van der Waals surface area contributed by atoms with Crippen LogP contribution in [0.3, 0.4) is 0 Å². The molecule has 0 aromatic carbocycles. The summed E-state index contributed by atoms with van der Waals surface area (Å²) in [5, 5.41) is 0. The van der Waals surface area contributed by atoms with Crippen LogP contribution in [0.2, 0.25) is 0 Å². The normalized spacial score (nSPS) is 28.1. The van der Waals surface area contributed by atoms with E-state index in [1.54, 1.807) is 6.20 Å². The Bertz CT molecular complexity index is 289. The maximum absolute atomic E-state index is 5.67. The first-order valence-electron chi connectivity index (χ1n) is 4.60. The second kappa shape index (κ2) is 3.03. The molecule has 0 amide bonds. The fourth-order valence-corrected chi connectivity index (χ4v) is 1.80. The van der Waals surface area contributed by atoms with E-state index in [4.69, 9.17) is 10.5 Å². The van der Waals surface area contributed by atoms with E-state index >= 15 is 0 Å². The monoisotopic (exact) mass is 181 g/mol. The number of hydrogen-bond acceptors (Lipinski definition) is 3. The first-order valence-corrected chi connectivity index (χ1v) is 4.60. The highest BCUT2D eigenvalue weighted by molar-refractivity contribution is 5.17. The Balaban J connectivity index is 2.09. The third kappa shape index (κ3) is 1.67. The second-order valence-electron chi connectivity index (χ2n) is 3.82. The van der Waals surface area contributed by atoms with Crippen LogP contribution in [0.1, 0.15) is 19.8 Å². The van der Waals surface area contributed by atoms with Crippen molar-refractivity contribution in [1.82, 2.24) is 9.55 Å². The summed E-state index contributed by atoms with van der Waals surface area (Å²) >= 11 is 0. The molecular formula is C9H15N3O. The average Bonchev–Trinajstić information content (AvgIpc) is 2.64. The molecule has 13 heavy (non-hydrogen) atoms. The molecule has 0 radical (unpaired) electrons. The number of imidazole rings is 1. The summed E-state index contributed by atoms with van der Waals surface area (Å²) in [6, 6.07) is 0. The van der Waals surface area contributed by atoms with E-state index < -0.39 is 0 Å². The summed E-state index contributed by atoms with van der Waals surface area (Å²) in [5.41, 5.74) is 5.63. The van der Waals surface area contributed by atoms with E-state index in [1.165, 1.54) is 0 Å². The average molecular weight is 181 g/mol. The number of ether oxygens (including phenoxy) is 1. The number of anilines is 1. The van der Waals surface area contributed by atoms with Gasteiger partial charge in [0.2, 0.25) is 0 Å². The summed E-state index contributed by atoms with van der Waals surface area (Å²) < 4.78 is 7.60. The van der Waals surface area contributed by atoms with Crippen molar-refractivity contribution in [1.29, 1.82) is 0 Å². The lowest BCUT2D eigenvalue weighted by molar-refractivity contribution is 0.00668. The summed E-state index contributed by atoms with van der Waals surface area (Å²) in [7, 11) is 0. The zero-order valence-corrected chi connectivity index (χ0v) is 7.86. The smallest absolute Gasteiger partial charge is 0.200 e. The molecule has 1 aliphatic heterocycles. The van der Waals surface area contributed by atoms with Gasteiger partial charge in [0, 0.05) is 19.0 Å². The Morgan fingerprint density at radius 2 is 2.62 bits per heavy atom. The van der Waals surface area contributed by atoms with Crippen molar-refractivity contribution in [2.45, 2.75) is 31.9 Å². The molecule has 0 bridgehead atoms. The van der Waals surface area contributed by atoms with Gasteiger partial charge in [0.1, 0.15) is 0 Å². The third-order valence-corrected chi connectivity index (χ3v) is 2.55. The number of hydrogen-bond donors (Lipinski definition) is 1. The first-order chi connectivity index (χ1) is 6.20. The van der Waals surface area contributed by atoms with E-state index in [-0.39, 0.29) is 5.60 Å². The van der Waals surface area contributed by atoms with Gasteiger partial charge in [-0.15, -0.1) is 0 Å². The van der Waals surface area contributed by atoms with E-state index in [0.717, 1.165) is 26.0 Å². The highest BCUT2D eigenvalue weighted by Crippen LogP contribution is 2.27. The molecule has 4 heteroatoms. The molecule has 1 fully saturated rings. The Hall–Kier alpha value is -1.03. The Morgan fingerprint density at radius 3 is 3.15 bits per heavy atom. The molecule has 2 rings (SSSR count). The van der Waals surface area contributed by atoms with Gasteiger partial charge in [0.25, 0.3) is 0 Å². The minimum atomic E-state index is -0.0468. The van der Waals surface area contributed by atoms with Gasteiger partial charge >= 0.3 is 0 Å². The van der Waals surface area contributed by atoms with Crippen LogP contribution in [0.5, 0.6) is 0 Å². The van der Waals surface area contributed by atoms with Crippen molar-refractivity contribution in [2.75, 3.05) is 12.3 Å². The van der Waals surface area contributed by atoms with Crippen molar-refractivity contribution < 1.29 is 4.74 Å². The SMILES string of the molecule is CC1(Cn2ccnc2N)CCCO1. The number of nitrogen functional groups attached to an aromatic ring is 1. The van der Waals surface area contributed by atoms with Crippen LogP contribution in [0, 0.1) is 0 Å². The van der Waals surface area contributed by atoms with Crippen molar-refractivity contribution in [3.8, 4) is 0 Å². The van der Waals surface area contributed by atoms with E-state index in [2.05, 4.69) is 11.9 Å². The fraction of sp³-hybridized carbons (Fsp3) is 0.667. The Labute approximate surface area is 77.7 Å². The van der Waals surface area contributed by atoms with Crippen molar-refractivity contribution >= 4 is 5.95 Å². The van der Waals surface area contributed by atoms with Crippen LogP contribution < -0.4 is 5.73 Å². The maximum Gasteiger partial charge on any atom is 0.200 e. The summed E-state index contributed by atoms with van der Waals surface area (Å²) in [4.78, 5) is 3.97. The first kappa shape index (κ1) is 8.56. The Kier molecular flexibility index (Phi) is 2.00. The van der Waals surface area contributed by atoms with Crippen LogP contribution in [0.4, 0.5) is 5.95 Å². The van der Waals surface area contributed by atoms with Crippen LogP contribution in [0.25, 0.3) is 0 Å². The number of nitrogens with two attached hydrogens (primary N) is 1. The molecule has 2 N–H and O–H groups in total. The van der Waals surface area contributed by atoms with Gasteiger partial charge in [-0.2, -0.15) is 0 Å². The highest BCUT2D eigenvalue weighted by Gasteiger charge is 2.30. The van der Waals surface area contributed by atoms with Crippen LogP contribution in [-0.4, -0.2) is 21.8 Å². The van der Waals surface area contributed by atoms with E-state index in [0.29, 0.717) is 5.95 Å². The lowest BCUT2D eigenvalue weighted by atomic mass is 10.0. The zero-order chi connectivity index (χ0) is 9.31. The van der Waals surface area contributed by atoms with Crippen LogP contribution >= 0.6 is 0 Å². The lowest BCUT2D eigenvalue weighted by Crippen LogP contribution is -2.29.